The van der Waals surface area contributed by atoms with Gasteiger partial charge in [-0.2, -0.15) is 5.10 Å². The first-order chi connectivity index (χ1) is 9.40. The zero-order chi connectivity index (χ0) is 14.9. The standard InChI is InChI=1S/C13H15ClN4O2/c1-7-10(4-9(15)5-16-7)13(19)20-6-11-12(14)8(2)17-18(11)3/h4-5H,6,15H2,1-3H3. The van der Waals surface area contributed by atoms with Gasteiger partial charge in [0, 0.05) is 7.05 Å². The Hall–Kier alpha value is -2.08. The van der Waals surface area contributed by atoms with E-state index in [2.05, 4.69) is 10.1 Å². The molecule has 0 fully saturated rings. The second-order valence-electron chi connectivity index (χ2n) is 4.45. The number of hydrogen-bond acceptors (Lipinski definition) is 5. The number of esters is 1. The summed E-state index contributed by atoms with van der Waals surface area (Å²) in [4.78, 5) is 16.1. The van der Waals surface area contributed by atoms with Gasteiger partial charge in [-0.3, -0.25) is 9.67 Å². The topological polar surface area (TPSA) is 83.0 Å². The minimum absolute atomic E-state index is 0.0449. The molecule has 20 heavy (non-hydrogen) atoms. The lowest BCUT2D eigenvalue weighted by Crippen LogP contribution is -2.11. The van der Waals surface area contributed by atoms with Gasteiger partial charge in [-0.05, 0) is 19.9 Å². The number of aromatic nitrogens is 3. The third-order valence-electron chi connectivity index (χ3n) is 2.93. The third kappa shape index (κ3) is 2.75. The molecule has 2 N–H and O–H groups in total. The van der Waals surface area contributed by atoms with E-state index >= 15 is 0 Å². The fourth-order valence-corrected chi connectivity index (χ4v) is 2.02. The number of pyridine rings is 1. The highest BCUT2D eigenvalue weighted by Gasteiger charge is 2.16. The molecular weight excluding hydrogens is 280 g/mol. The lowest BCUT2D eigenvalue weighted by atomic mass is 10.2. The van der Waals surface area contributed by atoms with E-state index in [0.29, 0.717) is 33.4 Å². The minimum Gasteiger partial charge on any atom is -0.455 e. The predicted octanol–water partition coefficient (Wildman–Crippen LogP) is 2.02. The Kier molecular flexibility index (Phi) is 3.94. The van der Waals surface area contributed by atoms with Gasteiger partial charge in [-0.25, -0.2) is 4.79 Å². The Bertz CT molecular complexity index is 667. The summed E-state index contributed by atoms with van der Waals surface area (Å²) >= 11 is 6.09. The molecule has 0 bridgehead atoms. The van der Waals surface area contributed by atoms with Crippen molar-refractivity contribution in [3.8, 4) is 0 Å². The number of halogens is 1. The fraction of sp³-hybridized carbons (Fsp3) is 0.308. The SMILES string of the molecule is Cc1ncc(N)cc1C(=O)OCc1c(Cl)c(C)nn1C. The molecule has 2 heterocycles. The first kappa shape index (κ1) is 14.3. The van der Waals surface area contributed by atoms with Gasteiger partial charge in [0.1, 0.15) is 6.61 Å². The molecule has 2 rings (SSSR count). The van der Waals surface area contributed by atoms with Crippen molar-refractivity contribution < 1.29 is 9.53 Å². The van der Waals surface area contributed by atoms with Crippen molar-refractivity contribution in [1.29, 1.82) is 0 Å². The van der Waals surface area contributed by atoms with Crippen molar-refractivity contribution in [1.82, 2.24) is 14.8 Å². The fourth-order valence-electron chi connectivity index (χ4n) is 1.80. The van der Waals surface area contributed by atoms with Crippen LogP contribution in [0.3, 0.4) is 0 Å². The number of nitrogens with two attached hydrogens (primary N) is 1. The highest BCUT2D eigenvalue weighted by Crippen LogP contribution is 2.21. The second-order valence-corrected chi connectivity index (χ2v) is 4.83. The Labute approximate surface area is 121 Å². The number of rotatable bonds is 3. The molecule has 2 aromatic rings. The summed E-state index contributed by atoms with van der Waals surface area (Å²) < 4.78 is 6.84. The molecule has 0 unspecified atom stereocenters. The predicted molar refractivity (Wildman–Crippen MR) is 75.5 cm³/mol. The van der Waals surface area contributed by atoms with Crippen LogP contribution < -0.4 is 5.73 Å². The zero-order valence-electron chi connectivity index (χ0n) is 11.5. The van der Waals surface area contributed by atoms with E-state index in [1.165, 1.54) is 6.20 Å². The lowest BCUT2D eigenvalue weighted by molar-refractivity contribution is 0.0462. The molecule has 0 amide bonds. The largest absolute Gasteiger partial charge is 0.455 e. The van der Waals surface area contributed by atoms with Crippen molar-refractivity contribution >= 4 is 23.3 Å². The smallest absolute Gasteiger partial charge is 0.340 e. The van der Waals surface area contributed by atoms with Crippen LogP contribution in [0.15, 0.2) is 12.3 Å². The molecule has 7 heteroatoms. The molecule has 0 radical (unpaired) electrons. The number of carbonyl (C=O) groups is 1. The van der Waals surface area contributed by atoms with Crippen LogP contribution in [-0.4, -0.2) is 20.7 Å². The Morgan fingerprint density at radius 2 is 2.15 bits per heavy atom. The second kappa shape index (κ2) is 5.50. The number of anilines is 1. The van der Waals surface area contributed by atoms with E-state index in [1.54, 1.807) is 31.6 Å². The van der Waals surface area contributed by atoms with Crippen molar-refractivity contribution in [2.75, 3.05) is 5.73 Å². The summed E-state index contributed by atoms with van der Waals surface area (Å²) in [5, 5.41) is 4.66. The Morgan fingerprint density at radius 3 is 2.75 bits per heavy atom. The molecule has 0 aliphatic heterocycles. The van der Waals surface area contributed by atoms with E-state index < -0.39 is 5.97 Å². The highest BCUT2D eigenvalue weighted by atomic mass is 35.5. The number of hydrogen-bond donors (Lipinski definition) is 1. The maximum Gasteiger partial charge on any atom is 0.340 e. The molecule has 0 aliphatic rings. The maximum absolute atomic E-state index is 12.0. The molecule has 106 valence electrons. The summed E-state index contributed by atoms with van der Waals surface area (Å²) in [6.07, 6.45) is 1.49. The minimum atomic E-state index is -0.489. The summed E-state index contributed by atoms with van der Waals surface area (Å²) in [6.45, 7) is 3.56. The zero-order valence-corrected chi connectivity index (χ0v) is 12.2. The highest BCUT2D eigenvalue weighted by molar-refractivity contribution is 6.31. The van der Waals surface area contributed by atoms with Crippen LogP contribution in [0, 0.1) is 13.8 Å². The maximum atomic E-state index is 12.0. The summed E-state index contributed by atoms with van der Waals surface area (Å²) in [5.41, 5.74) is 8.29. The molecule has 0 atom stereocenters. The number of nitrogen functional groups attached to an aromatic ring is 1. The van der Waals surface area contributed by atoms with Crippen molar-refractivity contribution in [3.63, 3.8) is 0 Å². The monoisotopic (exact) mass is 294 g/mol. The Morgan fingerprint density at radius 1 is 1.45 bits per heavy atom. The van der Waals surface area contributed by atoms with Crippen LogP contribution in [0.2, 0.25) is 5.02 Å². The number of carbonyl (C=O) groups excluding carboxylic acids is 1. The van der Waals surface area contributed by atoms with Gasteiger partial charge in [-0.1, -0.05) is 11.6 Å². The molecule has 0 saturated heterocycles. The van der Waals surface area contributed by atoms with Gasteiger partial charge in [0.25, 0.3) is 0 Å². The van der Waals surface area contributed by atoms with E-state index in [4.69, 9.17) is 22.1 Å². The molecule has 0 saturated carbocycles. The quantitative estimate of drug-likeness (QED) is 0.876. The van der Waals surface area contributed by atoms with Gasteiger partial charge in [0.05, 0.1) is 39.6 Å². The molecule has 2 aromatic heterocycles. The van der Waals surface area contributed by atoms with Gasteiger partial charge in [0.2, 0.25) is 0 Å². The molecule has 6 nitrogen and oxygen atoms in total. The normalized spacial score (nSPS) is 10.6. The molecule has 0 aliphatic carbocycles. The number of aryl methyl sites for hydroxylation is 3. The van der Waals surface area contributed by atoms with Crippen LogP contribution in [0.4, 0.5) is 5.69 Å². The van der Waals surface area contributed by atoms with Crippen LogP contribution >= 0.6 is 11.6 Å². The van der Waals surface area contributed by atoms with E-state index in [-0.39, 0.29) is 6.61 Å². The van der Waals surface area contributed by atoms with Crippen molar-refractivity contribution in [2.24, 2.45) is 7.05 Å². The van der Waals surface area contributed by atoms with E-state index in [0.717, 1.165) is 0 Å². The van der Waals surface area contributed by atoms with E-state index in [9.17, 15) is 4.79 Å². The van der Waals surface area contributed by atoms with E-state index in [1.807, 2.05) is 0 Å². The first-order valence-corrected chi connectivity index (χ1v) is 6.35. The summed E-state index contributed by atoms with van der Waals surface area (Å²) in [5.74, 6) is -0.489. The Balaban J connectivity index is 2.15. The lowest BCUT2D eigenvalue weighted by Gasteiger charge is -2.08. The summed E-state index contributed by atoms with van der Waals surface area (Å²) in [7, 11) is 1.75. The third-order valence-corrected chi connectivity index (χ3v) is 3.42. The van der Waals surface area contributed by atoms with Crippen LogP contribution in [0.1, 0.15) is 27.4 Å². The molecular formula is C13H15ClN4O2. The van der Waals surface area contributed by atoms with Gasteiger partial charge < -0.3 is 10.5 Å². The molecule has 0 aromatic carbocycles. The number of ether oxygens (including phenoxy) is 1. The number of nitrogens with zero attached hydrogens (tertiary/aromatic N) is 3. The van der Waals surface area contributed by atoms with Crippen LogP contribution in [0.25, 0.3) is 0 Å². The average molecular weight is 295 g/mol. The van der Waals surface area contributed by atoms with Gasteiger partial charge in [-0.15, -0.1) is 0 Å². The first-order valence-electron chi connectivity index (χ1n) is 5.97. The average Bonchev–Trinajstić information content (AvgIpc) is 2.64. The van der Waals surface area contributed by atoms with Gasteiger partial charge >= 0.3 is 5.97 Å². The van der Waals surface area contributed by atoms with Crippen molar-refractivity contribution in [2.45, 2.75) is 20.5 Å². The van der Waals surface area contributed by atoms with Gasteiger partial charge in [0.15, 0.2) is 0 Å². The summed E-state index contributed by atoms with van der Waals surface area (Å²) in [6, 6.07) is 1.54. The van der Waals surface area contributed by atoms with Crippen LogP contribution in [-0.2, 0) is 18.4 Å². The van der Waals surface area contributed by atoms with Crippen molar-refractivity contribution in [3.05, 3.63) is 39.9 Å². The van der Waals surface area contributed by atoms with Crippen LogP contribution in [0.5, 0.6) is 0 Å². The molecule has 0 spiro atoms.